The second-order valence-electron chi connectivity index (χ2n) is 10.3. The number of likely N-dealkylation sites (N-methyl/N-ethyl adjacent to an activating group) is 1. The molecule has 0 unspecified atom stereocenters. The third-order valence-corrected chi connectivity index (χ3v) is 8.68. The highest BCUT2D eigenvalue weighted by molar-refractivity contribution is 7.88. The Labute approximate surface area is 246 Å². The van der Waals surface area contributed by atoms with E-state index in [0.717, 1.165) is 11.8 Å². The molecule has 0 radical (unpaired) electrons. The van der Waals surface area contributed by atoms with Crippen molar-refractivity contribution >= 4 is 33.7 Å². The highest BCUT2D eigenvalue weighted by Gasteiger charge is 2.34. The quantitative estimate of drug-likeness (QED) is 0.501. The summed E-state index contributed by atoms with van der Waals surface area (Å²) in [5, 5.41) is 5.50. The molecule has 0 spiro atoms. The molecule has 4 rings (SSSR count). The van der Waals surface area contributed by atoms with Crippen LogP contribution in [0.2, 0.25) is 0 Å². The minimum Gasteiger partial charge on any atom is -0.491 e. The fraction of sp³-hybridized carbons (Fsp3) is 0.448. The number of piperazine rings is 1. The molecule has 0 aromatic heterocycles. The number of rotatable bonds is 5. The van der Waals surface area contributed by atoms with Crippen LogP contribution in [0.3, 0.4) is 0 Å². The Morgan fingerprint density at radius 1 is 0.929 bits per heavy atom. The van der Waals surface area contributed by atoms with E-state index in [-0.39, 0.29) is 63.0 Å². The van der Waals surface area contributed by atoms with Gasteiger partial charge in [-0.2, -0.15) is 4.31 Å². The van der Waals surface area contributed by atoms with Crippen molar-refractivity contribution in [2.24, 2.45) is 0 Å². The molecule has 2 N–H and O–H groups in total. The molecule has 1 saturated heterocycles. The molecule has 2 aromatic carbocycles. The van der Waals surface area contributed by atoms with Crippen molar-refractivity contribution in [1.29, 1.82) is 0 Å². The second-order valence-corrected chi connectivity index (χ2v) is 12.3. The first-order valence-corrected chi connectivity index (χ1v) is 15.8. The standard InChI is InChI=1S/C29H37N5O7S/c1-3-32-17-18-41-25-12-8-7-11-22(25)27(36)31-24(29(38)33-13-15-34(16-14-33)42(2,39)40)20-26(35)30-23(28(32)37)19-21-9-5-4-6-10-21/h4-12,23-24H,3,13-20H2,1-2H3,(H,30,35)(H,31,36)/t23-,24+/m1/s1. The van der Waals surface area contributed by atoms with E-state index < -0.39 is 46.2 Å². The zero-order chi connectivity index (χ0) is 30.3. The van der Waals surface area contributed by atoms with Crippen LogP contribution in [-0.2, 0) is 30.8 Å². The molecule has 226 valence electrons. The summed E-state index contributed by atoms with van der Waals surface area (Å²) in [6, 6.07) is 13.7. The Hall–Kier alpha value is -3.97. The molecule has 2 atom stereocenters. The summed E-state index contributed by atoms with van der Waals surface area (Å²) in [5.41, 5.74) is 1.04. The predicted molar refractivity (Wildman–Crippen MR) is 155 cm³/mol. The lowest BCUT2D eigenvalue weighted by molar-refractivity contribution is -0.138. The summed E-state index contributed by atoms with van der Waals surface area (Å²) >= 11 is 0. The zero-order valence-corrected chi connectivity index (χ0v) is 24.6. The average Bonchev–Trinajstić information content (AvgIpc) is 2.98. The van der Waals surface area contributed by atoms with Gasteiger partial charge in [-0.1, -0.05) is 42.5 Å². The van der Waals surface area contributed by atoms with Crippen LogP contribution in [0, 0.1) is 0 Å². The first-order chi connectivity index (χ1) is 20.1. The number of para-hydroxylation sites is 1. The van der Waals surface area contributed by atoms with Crippen LogP contribution in [-0.4, -0.2) is 110 Å². The van der Waals surface area contributed by atoms with Gasteiger partial charge >= 0.3 is 0 Å². The van der Waals surface area contributed by atoms with Gasteiger partial charge in [-0.25, -0.2) is 8.42 Å². The van der Waals surface area contributed by atoms with E-state index in [0.29, 0.717) is 6.54 Å². The monoisotopic (exact) mass is 599 g/mol. The summed E-state index contributed by atoms with van der Waals surface area (Å²) in [7, 11) is -3.42. The molecular formula is C29H37N5O7S. The number of carbonyl (C=O) groups is 4. The normalized spacial score (nSPS) is 21.4. The fourth-order valence-electron chi connectivity index (χ4n) is 5.08. The van der Waals surface area contributed by atoms with E-state index in [1.165, 1.54) is 9.21 Å². The van der Waals surface area contributed by atoms with Crippen molar-refractivity contribution in [3.63, 3.8) is 0 Å². The molecule has 12 nitrogen and oxygen atoms in total. The number of hydrogen-bond acceptors (Lipinski definition) is 7. The van der Waals surface area contributed by atoms with Crippen molar-refractivity contribution in [3.05, 3.63) is 65.7 Å². The number of carbonyl (C=O) groups excluding carboxylic acids is 4. The SMILES string of the molecule is CCN1CCOc2ccccc2C(=O)N[C@H](C(=O)N2CCN(S(C)(=O)=O)CC2)CC(=O)N[C@H](Cc2ccccc2)C1=O. The molecule has 2 heterocycles. The number of hydrogen-bond donors (Lipinski definition) is 2. The van der Waals surface area contributed by atoms with Crippen LogP contribution >= 0.6 is 0 Å². The third-order valence-electron chi connectivity index (χ3n) is 7.37. The first-order valence-electron chi connectivity index (χ1n) is 14.0. The highest BCUT2D eigenvalue weighted by Crippen LogP contribution is 2.19. The average molecular weight is 600 g/mol. The molecule has 2 aliphatic rings. The van der Waals surface area contributed by atoms with Gasteiger partial charge in [0.1, 0.15) is 24.4 Å². The van der Waals surface area contributed by atoms with Gasteiger partial charge in [0.05, 0.1) is 24.8 Å². The highest BCUT2D eigenvalue weighted by atomic mass is 32.2. The number of ether oxygens (including phenoxy) is 1. The summed E-state index contributed by atoms with van der Waals surface area (Å²) < 4.78 is 31.1. The molecule has 13 heteroatoms. The Morgan fingerprint density at radius 3 is 2.26 bits per heavy atom. The number of amides is 4. The first kappa shape index (κ1) is 31.0. The number of benzene rings is 2. The molecule has 0 aliphatic carbocycles. The van der Waals surface area contributed by atoms with Gasteiger partial charge in [0.2, 0.25) is 27.7 Å². The largest absolute Gasteiger partial charge is 0.491 e. The molecule has 42 heavy (non-hydrogen) atoms. The lowest BCUT2D eigenvalue weighted by Crippen LogP contribution is -2.57. The summed E-state index contributed by atoms with van der Waals surface area (Å²) in [6.45, 7) is 3.01. The van der Waals surface area contributed by atoms with Crippen molar-refractivity contribution in [2.75, 3.05) is 52.1 Å². The third kappa shape index (κ3) is 7.85. The summed E-state index contributed by atoms with van der Waals surface area (Å²) in [4.78, 5) is 57.1. The van der Waals surface area contributed by atoms with Crippen molar-refractivity contribution in [1.82, 2.24) is 24.7 Å². The smallest absolute Gasteiger partial charge is 0.255 e. The lowest BCUT2D eigenvalue weighted by atomic mass is 10.0. The van der Waals surface area contributed by atoms with E-state index in [1.54, 1.807) is 29.2 Å². The summed E-state index contributed by atoms with van der Waals surface area (Å²) in [6.07, 6.45) is 0.938. The van der Waals surface area contributed by atoms with Crippen molar-refractivity contribution in [3.8, 4) is 5.75 Å². The zero-order valence-electron chi connectivity index (χ0n) is 23.8. The Bertz CT molecular complexity index is 1390. The van der Waals surface area contributed by atoms with Crippen LogP contribution in [0.25, 0.3) is 0 Å². The Kier molecular flexibility index (Phi) is 10.2. The minimum absolute atomic E-state index is 0.106. The van der Waals surface area contributed by atoms with Crippen LogP contribution < -0.4 is 15.4 Å². The van der Waals surface area contributed by atoms with Crippen molar-refractivity contribution < 1.29 is 32.3 Å². The van der Waals surface area contributed by atoms with E-state index in [1.807, 2.05) is 37.3 Å². The van der Waals surface area contributed by atoms with Gasteiger partial charge in [-0.15, -0.1) is 0 Å². The molecular weight excluding hydrogens is 562 g/mol. The second kappa shape index (κ2) is 13.8. The van der Waals surface area contributed by atoms with E-state index >= 15 is 0 Å². The molecule has 2 aromatic rings. The Morgan fingerprint density at radius 2 is 1.60 bits per heavy atom. The molecule has 1 fully saturated rings. The van der Waals surface area contributed by atoms with Crippen LogP contribution in [0.4, 0.5) is 0 Å². The number of nitrogens with one attached hydrogen (secondary N) is 2. The van der Waals surface area contributed by atoms with Gasteiger partial charge < -0.3 is 25.2 Å². The maximum Gasteiger partial charge on any atom is 0.255 e. The predicted octanol–water partition coefficient (Wildman–Crippen LogP) is 0.247. The lowest BCUT2D eigenvalue weighted by Gasteiger charge is -2.35. The van der Waals surface area contributed by atoms with Crippen LogP contribution in [0.15, 0.2) is 54.6 Å². The van der Waals surface area contributed by atoms with Crippen molar-refractivity contribution in [2.45, 2.75) is 31.8 Å². The van der Waals surface area contributed by atoms with Gasteiger partial charge in [0, 0.05) is 39.1 Å². The Balaban J connectivity index is 1.62. The molecule has 4 amide bonds. The summed E-state index contributed by atoms with van der Waals surface area (Å²) in [5.74, 6) is -1.68. The van der Waals surface area contributed by atoms with E-state index in [2.05, 4.69) is 10.6 Å². The van der Waals surface area contributed by atoms with Crippen LogP contribution in [0.5, 0.6) is 5.75 Å². The van der Waals surface area contributed by atoms with Gasteiger partial charge in [0.25, 0.3) is 5.91 Å². The van der Waals surface area contributed by atoms with Gasteiger partial charge in [-0.05, 0) is 24.6 Å². The van der Waals surface area contributed by atoms with E-state index in [9.17, 15) is 27.6 Å². The number of fused-ring (bicyclic) bond motifs is 1. The number of nitrogens with zero attached hydrogens (tertiary/aromatic N) is 3. The topological polar surface area (TPSA) is 145 Å². The van der Waals surface area contributed by atoms with Gasteiger partial charge in [0.15, 0.2) is 0 Å². The number of sulfonamides is 1. The van der Waals surface area contributed by atoms with Gasteiger partial charge in [-0.3, -0.25) is 19.2 Å². The molecule has 0 bridgehead atoms. The maximum atomic E-state index is 13.6. The minimum atomic E-state index is -3.42. The fourth-order valence-corrected chi connectivity index (χ4v) is 5.90. The van der Waals surface area contributed by atoms with Crippen LogP contribution in [0.1, 0.15) is 29.3 Å². The maximum absolute atomic E-state index is 13.6. The molecule has 2 aliphatic heterocycles. The molecule has 0 saturated carbocycles. The van der Waals surface area contributed by atoms with E-state index in [4.69, 9.17) is 4.74 Å².